The molecular formula is C39H36ClF5N2O6S. The van der Waals surface area contributed by atoms with Crippen molar-refractivity contribution < 1.29 is 49.4 Å². The number of carbonyl (C=O) groups is 2. The Balaban J connectivity index is 1.48. The Morgan fingerprint density at radius 3 is 2.04 bits per heavy atom. The van der Waals surface area contributed by atoms with Gasteiger partial charge in [0.15, 0.2) is 28.2 Å². The Hall–Kier alpha value is -4.53. The third kappa shape index (κ3) is 7.96. The first kappa shape index (κ1) is 39.2. The summed E-state index contributed by atoms with van der Waals surface area (Å²) in [7, 11) is -5.62. The lowest BCUT2D eigenvalue weighted by Crippen LogP contribution is -2.43. The van der Waals surface area contributed by atoms with Crippen LogP contribution in [0.2, 0.25) is 5.02 Å². The van der Waals surface area contributed by atoms with Gasteiger partial charge in [-0.1, -0.05) is 62.7 Å². The van der Waals surface area contributed by atoms with Crippen LogP contribution in [0.4, 0.5) is 27.6 Å². The molecule has 15 heteroatoms. The predicted octanol–water partition coefficient (Wildman–Crippen LogP) is 8.92. The molecule has 286 valence electrons. The van der Waals surface area contributed by atoms with Gasteiger partial charge in [0.1, 0.15) is 11.3 Å². The SMILES string of the molecule is CC1(C)OC(=O)c2ccc(N(Cc3cc(C4CC4)cc(C(C)(C)C)c3)C(=O)CN(Cc3ccc(Cl)cc3)S(=O)(=O)c3c(F)c(F)c(F)c(F)c3F)cc2O1. The number of anilines is 1. The number of hydrogen-bond donors (Lipinski definition) is 0. The summed E-state index contributed by atoms with van der Waals surface area (Å²) in [5.41, 5.74) is 2.81. The summed E-state index contributed by atoms with van der Waals surface area (Å²) in [6.07, 6.45) is 1.97. The second-order valence-electron chi connectivity index (χ2n) is 14.8. The number of esters is 1. The molecule has 0 aromatic heterocycles. The lowest BCUT2D eigenvalue weighted by molar-refractivity contribution is -0.127. The zero-order valence-electron chi connectivity index (χ0n) is 29.9. The third-order valence-electron chi connectivity index (χ3n) is 9.11. The van der Waals surface area contributed by atoms with Gasteiger partial charge in [-0.3, -0.25) is 4.79 Å². The normalized spacial score (nSPS) is 15.4. The van der Waals surface area contributed by atoms with E-state index >= 15 is 8.78 Å². The molecule has 2 aliphatic rings. The van der Waals surface area contributed by atoms with Crippen LogP contribution in [0.5, 0.6) is 5.75 Å². The predicted molar refractivity (Wildman–Crippen MR) is 190 cm³/mol. The summed E-state index contributed by atoms with van der Waals surface area (Å²) in [5.74, 6) is -15.2. The first-order chi connectivity index (χ1) is 25.2. The molecule has 0 spiro atoms. The highest BCUT2D eigenvalue weighted by molar-refractivity contribution is 7.89. The first-order valence-corrected chi connectivity index (χ1v) is 18.7. The summed E-state index contributed by atoms with van der Waals surface area (Å²) >= 11 is 6.00. The molecule has 0 atom stereocenters. The molecule has 8 nitrogen and oxygen atoms in total. The van der Waals surface area contributed by atoms with Crippen LogP contribution in [0.1, 0.15) is 86.0 Å². The summed E-state index contributed by atoms with van der Waals surface area (Å²) in [4.78, 5) is 26.4. The van der Waals surface area contributed by atoms with Crippen molar-refractivity contribution in [2.75, 3.05) is 11.4 Å². The van der Waals surface area contributed by atoms with E-state index in [0.717, 1.165) is 24.0 Å². The number of carbonyl (C=O) groups excluding carboxylic acids is 2. The van der Waals surface area contributed by atoms with Gasteiger partial charge in [-0.15, -0.1) is 0 Å². The topological polar surface area (TPSA) is 93.2 Å². The number of rotatable bonds is 10. The van der Waals surface area contributed by atoms with E-state index in [4.69, 9.17) is 21.1 Å². The fourth-order valence-corrected chi connectivity index (χ4v) is 7.71. The second kappa shape index (κ2) is 14.3. The maximum absolute atomic E-state index is 15.1. The fourth-order valence-electron chi connectivity index (χ4n) is 6.09. The Kier molecular flexibility index (Phi) is 10.4. The lowest BCUT2D eigenvalue weighted by Gasteiger charge is -2.33. The summed E-state index contributed by atoms with van der Waals surface area (Å²) in [5, 5.41) is 0.264. The van der Waals surface area contributed by atoms with Crippen LogP contribution in [0.3, 0.4) is 0 Å². The molecule has 0 radical (unpaired) electrons. The number of sulfonamides is 1. The number of amides is 1. The molecule has 54 heavy (non-hydrogen) atoms. The molecule has 1 fully saturated rings. The number of ether oxygens (including phenoxy) is 2. The maximum Gasteiger partial charge on any atom is 0.345 e. The fraction of sp³-hybridized carbons (Fsp3) is 0.333. The molecule has 1 aliphatic heterocycles. The van der Waals surface area contributed by atoms with E-state index < -0.39 is 74.8 Å². The van der Waals surface area contributed by atoms with Crippen LogP contribution in [0, 0.1) is 29.1 Å². The molecule has 4 aromatic rings. The highest BCUT2D eigenvalue weighted by atomic mass is 35.5. The maximum atomic E-state index is 15.1. The zero-order valence-corrected chi connectivity index (χ0v) is 31.5. The van der Waals surface area contributed by atoms with Crippen molar-refractivity contribution in [1.29, 1.82) is 0 Å². The molecule has 1 aliphatic carbocycles. The lowest BCUT2D eigenvalue weighted by atomic mass is 9.84. The Morgan fingerprint density at radius 2 is 1.44 bits per heavy atom. The van der Waals surface area contributed by atoms with Crippen molar-refractivity contribution in [3.63, 3.8) is 0 Å². The molecule has 0 N–H and O–H groups in total. The van der Waals surface area contributed by atoms with Crippen LogP contribution >= 0.6 is 11.6 Å². The third-order valence-corrected chi connectivity index (χ3v) is 11.2. The van der Waals surface area contributed by atoms with Crippen molar-refractivity contribution in [2.45, 2.75) is 82.6 Å². The van der Waals surface area contributed by atoms with Gasteiger partial charge in [0.2, 0.25) is 27.5 Å². The molecule has 1 heterocycles. The number of cyclic esters (lactones) is 1. The van der Waals surface area contributed by atoms with Crippen LogP contribution in [-0.4, -0.2) is 36.9 Å². The second-order valence-corrected chi connectivity index (χ2v) is 17.1. The van der Waals surface area contributed by atoms with E-state index in [1.54, 1.807) is 0 Å². The van der Waals surface area contributed by atoms with Crippen molar-refractivity contribution in [2.24, 2.45) is 0 Å². The Morgan fingerprint density at radius 1 is 0.833 bits per heavy atom. The van der Waals surface area contributed by atoms with E-state index in [1.807, 2.05) is 32.9 Å². The van der Waals surface area contributed by atoms with Crippen molar-refractivity contribution in [3.05, 3.63) is 123 Å². The van der Waals surface area contributed by atoms with E-state index in [2.05, 4.69) is 6.07 Å². The minimum atomic E-state index is -5.62. The molecule has 4 aromatic carbocycles. The Bertz CT molecular complexity index is 2250. The Labute approximate surface area is 314 Å². The first-order valence-electron chi connectivity index (χ1n) is 16.9. The van der Waals surface area contributed by atoms with Gasteiger partial charge in [0.05, 0.1) is 13.1 Å². The molecular weight excluding hydrogens is 755 g/mol. The largest absolute Gasteiger partial charge is 0.452 e. The average Bonchev–Trinajstić information content (AvgIpc) is 3.94. The van der Waals surface area contributed by atoms with Crippen molar-refractivity contribution >= 4 is 39.2 Å². The van der Waals surface area contributed by atoms with E-state index in [9.17, 15) is 31.2 Å². The van der Waals surface area contributed by atoms with E-state index in [1.165, 1.54) is 61.2 Å². The van der Waals surface area contributed by atoms with Gasteiger partial charge in [-0.25, -0.2) is 35.2 Å². The van der Waals surface area contributed by atoms with Crippen LogP contribution in [0.15, 0.2) is 65.6 Å². The van der Waals surface area contributed by atoms with Crippen molar-refractivity contribution in [3.8, 4) is 5.75 Å². The summed E-state index contributed by atoms with van der Waals surface area (Å²) in [6.45, 7) is 7.14. The number of nitrogens with zero attached hydrogens (tertiary/aromatic N) is 2. The van der Waals surface area contributed by atoms with Crippen molar-refractivity contribution in [1.82, 2.24) is 4.31 Å². The van der Waals surface area contributed by atoms with Gasteiger partial charge in [0.25, 0.3) is 0 Å². The average molecular weight is 791 g/mol. The summed E-state index contributed by atoms with van der Waals surface area (Å²) in [6, 6.07) is 15.7. The molecule has 0 saturated heterocycles. The van der Waals surface area contributed by atoms with Crippen LogP contribution < -0.4 is 9.64 Å². The molecule has 1 amide bonds. The smallest absolute Gasteiger partial charge is 0.345 e. The molecule has 1 saturated carbocycles. The number of benzene rings is 4. The van der Waals surface area contributed by atoms with E-state index in [0.29, 0.717) is 15.8 Å². The number of fused-ring (bicyclic) bond motifs is 1. The zero-order chi connectivity index (χ0) is 39.5. The van der Waals surface area contributed by atoms with Gasteiger partial charge < -0.3 is 14.4 Å². The highest BCUT2D eigenvalue weighted by Gasteiger charge is 2.40. The minimum Gasteiger partial charge on any atom is -0.452 e. The molecule has 6 rings (SSSR count). The van der Waals surface area contributed by atoms with E-state index in [-0.39, 0.29) is 39.5 Å². The number of hydrogen-bond acceptors (Lipinski definition) is 6. The van der Waals surface area contributed by atoms with Crippen LogP contribution in [0.25, 0.3) is 0 Å². The highest BCUT2D eigenvalue weighted by Crippen LogP contribution is 2.42. The van der Waals surface area contributed by atoms with Gasteiger partial charge in [0, 0.05) is 37.2 Å². The minimum absolute atomic E-state index is 0.0643. The standard InChI is InChI=1S/C39H36ClF5N2O6S/c1-38(2,3)25-15-22(14-24(16-25)23-8-9-23)19-47(27-12-13-28-29(17-27)52-39(4,5)53-37(28)49)30(48)20-46(18-21-6-10-26(40)11-7-21)54(50,51)36-34(44)32(42)31(41)33(43)35(36)45/h6-7,10-17,23H,8-9,18-20H2,1-5H3. The molecule has 0 bridgehead atoms. The number of halogens is 6. The van der Waals surface area contributed by atoms with Crippen LogP contribution in [-0.2, 0) is 38.1 Å². The van der Waals surface area contributed by atoms with Gasteiger partial charge in [-0.05, 0) is 70.7 Å². The summed E-state index contributed by atoms with van der Waals surface area (Å²) < 4.78 is 113. The van der Waals surface area contributed by atoms with Gasteiger partial charge >= 0.3 is 5.97 Å². The quantitative estimate of drug-likeness (QED) is 0.0690. The van der Waals surface area contributed by atoms with Gasteiger partial charge in [-0.2, -0.15) is 4.31 Å². The molecule has 0 unspecified atom stereocenters. The monoisotopic (exact) mass is 790 g/mol.